The third-order valence-corrected chi connectivity index (χ3v) is 3.95. The van der Waals surface area contributed by atoms with E-state index in [0.717, 1.165) is 17.3 Å². The van der Waals surface area contributed by atoms with Gasteiger partial charge in [0.25, 0.3) is 0 Å². The lowest BCUT2D eigenvalue weighted by Gasteiger charge is -2.32. The number of likely N-dealkylation sites (tertiary alicyclic amines) is 1. The van der Waals surface area contributed by atoms with E-state index in [1.807, 2.05) is 6.07 Å². The number of anilines is 1. The maximum Gasteiger partial charge on any atom is 0.230 e. The van der Waals surface area contributed by atoms with Crippen molar-refractivity contribution in [3.05, 3.63) is 22.8 Å². The number of amides is 2. The van der Waals surface area contributed by atoms with Crippen LogP contribution in [-0.2, 0) is 9.59 Å². The zero-order chi connectivity index (χ0) is 15.2. The molecule has 3 N–H and O–H groups in total. The van der Waals surface area contributed by atoms with Gasteiger partial charge in [0.15, 0.2) is 0 Å². The first-order chi connectivity index (χ1) is 10.1. The third kappa shape index (κ3) is 4.50. The molecule has 1 aromatic heterocycles. The quantitative estimate of drug-likeness (QED) is 0.854. The van der Waals surface area contributed by atoms with Gasteiger partial charge in [-0.3, -0.25) is 9.59 Å². The molecule has 6 nitrogen and oxygen atoms in total. The molecule has 0 radical (unpaired) electrons. The average Bonchev–Trinajstić information content (AvgIpc) is 2.50. The van der Waals surface area contributed by atoms with Crippen molar-refractivity contribution in [3.63, 3.8) is 0 Å². The summed E-state index contributed by atoms with van der Waals surface area (Å²) >= 11 is 3.30. The molecule has 0 spiro atoms. The van der Waals surface area contributed by atoms with Gasteiger partial charge < -0.3 is 16.0 Å². The van der Waals surface area contributed by atoms with E-state index >= 15 is 0 Å². The maximum atomic E-state index is 12.3. The fraction of sp³-hybridized carbons (Fsp3) is 0.500. The van der Waals surface area contributed by atoms with Crippen LogP contribution in [0.5, 0.6) is 0 Å². The second kappa shape index (κ2) is 7.51. The van der Waals surface area contributed by atoms with Crippen molar-refractivity contribution in [3.8, 4) is 0 Å². The van der Waals surface area contributed by atoms with Gasteiger partial charge in [-0.25, -0.2) is 4.98 Å². The molecule has 0 aromatic carbocycles. The molecule has 114 valence electrons. The third-order valence-electron chi connectivity index (χ3n) is 3.48. The van der Waals surface area contributed by atoms with Crippen molar-refractivity contribution in [1.82, 2.24) is 9.88 Å². The molecule has 0 bridgehead atoms. The van der Waals surface area contributed by atoms with Gasteiger partial charge in [-0.1, -0.05) is 0 Å². The number of nitrogens with one attached hydrogen (secondary N) is 1. The van der Waals surface area contributed by atoms with Crippen LogP contribution < -0.4 is 11.1 Å². The predicted octanol–water partition coefficient (Wildman–Crippen LogP) is 1.37. The van der Waals surface area contributed by atoms with E-state index in [4.69, 9.17) is 5.73 Å². The van der Waals surface area contributed by atoms with Crippen LogP contribution in [0, 0.1) is 5.92 Å². The number of nitrogens with zero attached hydrogens (tertiary/aromatic N) is 2. The number of halogens is 1. The second-order valence-corrected chi connectivity index (χ2v) is 5.98. The van der Waals surface area contributed by atoms with Gasteiger partial charge in [0, 0.05) is 36.7 Å². The molecule has 1 aromatic rings. The van der Waals surface area contributed by atoms with E-state index in [1.165, 1.54) is 0 Å². The van der Waals surface area contributed by atoms with Gasteiger partial charge in [0.1, 0.15) is 5.82 Å². The van der Waals surface area contributed by atoms with Crippen LogP contribution >= 0.6 is 15.9 Å². The zero-order valence-corrected chi connectivity index (χ0v) is 13.3. The van der Waals surface area contributed by atoms with Gasteiger partial charge in [0.2, 0.25) is 11.8 Å². The van der Waals surface area contributed by atoms with E-state index in [9.17, 15) is 9.59 Å². The molecule has 21 heavy (non-hydrogen) atoms. The number of carbonyl (C=O) groups excluding carboxylic acids is 2. The van der Waals surface area contributed by atoms with Crippen LogP contribution in [0.25, 0.3) is 0 Å². The summed E-state index contributed by atoms with van der Waals surface area (Å²) in [4.78, 5) is 30.0. The Balaban J connectivity index is 1.92. The van der Waals surface area contributed by atoms with Crippen molar-refractivity contribution >= 4 is 33.6 Å². The Hall–Kier alpha value is -1.47. The number of hydrogen-bond acceptors (Lipinski definition) is 4. The highest BCUT2D eigenvalue weighted by Crippen LogP contribution is 2.19. The minimum absolute atomic E-state index is 0.0248. The largest absolute Gasteiger partial charge is 0.342 e. The fourth-order valence-corrected chi connectivity index (χ4v) is 2.61. The van der Waals surface area contributed by atoms with Gasteiger partial charge in [-0.15, -0.1) is 0 Å². The Kier molecular flexibility index (Phi) is 5.69. The first-order valence-corrected chi connectivity index (χ1v) is 7.79. The molecule has 1 atom stereocenters. The van der Waals surface area contributed by atoms with Gasteiger partial charge in [-0.05, 0) is 40.9 Å². The minimum atomic E-state index is -0.189. The predicted molar refractivity (Wildman–Crippen MR) is 83.5 cm³/mol. The van der Waals surface area contributed by atoms with E-state index in [0.29, 0.717) is 31.9 Å². The number of carbonyl (C=O) groups is 2. The summed E-state index contributed by atoms with van der Waals surface area (Å²) in [6, 6.07) is 3.56. The highest BCUT2D eigenvalue weighted by Gasteiger charge is 2.28. The van der Waals surface area contributed by atoms with E-state index in [2.05, 4.69) is 26.2 Å². The maximum absolute atomic E-state index is 12.3. The van der Waals surface area contributed by atoms with Gasteiger partial charge >= 0.3 is 0 Å². The summed E-state index contributed by atoms with van der Waals surface area (Å²) in [7, 11) is 0. The second-order valence-electron chi connectivity index (χ2n) is 5.07. The van der Waals surface area contributed by atoms with E-state index < -0.39 is 0 Å². The zero-order valence-electron chi connectivity index (χ0n) is 11.7. The first-order valence-electron chi connectivity index (χ1n) is 7.00. The van der Waals surface area contributed by atoms with E-state index in [-0.39, 0.29) is 17.7 Å². The highest BCUT2D eigenvalue weighted by atomic mass is 79.9. The van der Waals surface area contributed by atoms with Gasteiger partial charge in [0.05, 0.1) is 5.92 Å². The Morgan fingerprint density at radius 3 is 2.95 bits per heavy atom. The molecule has 0 aliphatic carbocycles. The summed E-state index contributed by atoms with van der Waals surface area (Å²) in [6.07, 6.45) is 3.59. The van der Waals surface area contributed by atoms with Crippen LogP contribution in [0.2, 0.25) is 0 Å². The summed E-state index contributed by atoms with van der Waals surface area (Å²) in [6.45, 7) is 1.51. The summed E-state index contributed by atoms with van der Waals surface area (Å²) in [5, 5.41) is 2.80. The van der Waals surface area contributed by atoms with Crippen LogP contribution in [0.15, 0.2) is 22.8 Å². The molecule has 1 aliphatic heterocycles. The molecule has 2 amide bonds. The van der Waals surface area contributed by atoms with Crippen molar-refractivity contribution < 1.29 is 9.59 Å². The molecule has 2 heterocycles. The summed E-state index contributed by atoms with van der Waals surface area (Å²) in [5.74, 6) is 0.270. The fourth-order valence-electron chi connectivity index (χ4n) is 2.38. The van der Waals surface area contributed by atoms with Gasteiger partial charge in [-0.2, -0.15) is 0 Å². The molecular weight excluding hydrogens is 336 g/mol. The molecule has 1 saturated heterocycles. The lowest BCUT2D eigenvalue weighted by atomic mass is 9.97. The van der Waals surface area contributed by atoms with Crippen molar-refractivity contribution in [2.75, 3.05) is 25.0 Å². The SMILES string of the molecule is NCCC(=O)N1CCCC(C(=O)Nc2ccc(Br)cn2)C1. The van der Waals surface area contributed by atoms with Crippen molar-refractivity contribution in [2.45, 2.75) is 19.3 Å². The van der Waals surface area contributed by atoms with Crippen LogP contribution in [-0.4, -0.2) is 41.3 Å². The average molecular weight is 355 g/mol. The molecule has 1 unspecified atom stereocenters. The number of piperidine rings is 1. The van der Waals surface area contributed by atoms with Crippen LogP contribution in [0.3, 0.4) is 0 Å². The molecule has 0 saturated carbocycles. The molecule has 2 rings (SSSR count). The monoisotopic (exact) mass is 354 g/mol. The standard InChI is InChI=1S/C14H19BrN4O2/c15-11-3-4-12(17-8-11)18-14(21)10-2-1-7-19(9-10)13(20)5-6-16/h3-4,8,10H,1-2,5-7,9,16H2,(H,17,18,21). The Labute approximate surface area is 132 Å². The number of rotatable bonds is 4. The normalized spacial score (nSPS) is 18.4. The molecular formula is C14H19BrN4O2. The molecule has 7 heteroatoms. The number of hydrogen-bond donors (Lipinski definition) is 2. The summed E-state index contributed by atoms with van der Waals surface area (Å²) < 4.78 is 0.858. The Bertz CT molecular complexity index is 506. The highest BCUT2D eigenvalue weighted by molar-refractivity contribution is 9.10. The van der Waals surface area contributed by atoms with Crippen LogP contribution in [0.4, 0.5) is 5.82 Å². The minimum Gasteiger partial charge on any atom is -0.342 e. The number of pyridine rings is 1. The van der Waals surface area contributed by atoms with E-state index in [1.54, 1.807) is 17.2 Å². The topological polar surface area (TPSA) is 88.3 Å². The Morgan fingerprint density at radius 2 is 2.29 bits per heavy atom. The first kappa shape index (κ1) is 15.9. The smallest absolute Gasteiger partial charge is 0.230 e. The number of aromatic nitrogens is 1. The van der Waals surface area contributed by atoms with Crippen molar-refractivity contribution in [1.29, 1.82) is 0 Å². The van der Waals surface area contributed by atoms with Crippen molar-refractivity contribution in [2.24, 2.45) is 11.7 Å². The lowest BCUT2D eigenvalue weighted by Crippen LogP contribution is -2.44. The molecule has 1 aliphatic rings. The lowest BCUT2D eigenvalue weighted by molar-refractivity contribution is -0.134. The summed E-state index contributed by atoms with van der Waals surface area (Å²) in [5.41, 5.74) is 5.41. The molecule has 1 fully saturated rings. The number of nitrogens with two attached hydrogens (primary N) is 1. The van der Waals surface area contributed by atoms with Crippen LogP contribution in [0.1, 0.15) is 19.3 Å². The Morgan fingerprint density at radius 1 is 1.48 bits per heavy atom.